The normalized spacial score (nSPS) is 11.3. The van der Waals surface area contributed by atoms with Gasteiger partial charge in [-0.15, -0.1) is 0 Å². The third kappa shape index (κ3) is 8.94. The van der Waals surface area contributed by atoms with Crippen molar-refractivity contribution < 1.29 is 34.0 Å². The summed E-state index contributed by atoms with van der Waals surface area (Å²) in [5.74, 6) is -0.932. The number of carbonyl (C=O) groups excluding carboxylic acids is 2. The number of esters is 2. The second-order valence-electron chi connectivity index (χ2n) is 7.08. The molecule has 0 fully saturated rings. The fourth-order valence-electron chi connectivity index (χ4n) is 3.34. The Bertz CT molecular complexity index is 590. The summed E-state index contributed by atoms with van der Waals surface area (Å²) in [4.78, 5) is 23.4. The zero-order chi connectivity index (χ0) is 21.5. The van der Waals surface area contributed by atoms with Gasteiger partial charge >= 0.3 is 11.9 Å². The zero-order valence-corrected chi connectivity index (χ0v) is 17.5. The first-order valence-electron chi connectivity index (χ1n) is 10.2. The Hall–Kier alpha value is -1.96. The van der Waals surface area contributed by atoms with Crippen molar-refractivity contribution in [3.63, 3.8) is 0 Å². The van der Waals surface area contributed by atoms with Gasteiger partial charge in [-0.05, 0) is 61.8 Å². The van der Waals surface area contributed by atoms with Gasteiger partial charge in [0.1, 0.15) is 6.61 Å². The van der Waals surface area contributed by atoms with Crippen LogP contribution in [0.3, 0.4) is 0 Å². The van der Waals surface area contributed by atoms with Crippen LogP contribution >= 0.6 is 0 Å². The highest BCUT2D eigenvalue weighted by Crippen LogP contribution is 2.37. The highest BCUT2D eigenvalue weighted by atomic mass is 16.6. The molecule has 0 spiro atoms. The molecule has 0 aliphatic rings. The molecule has 29 heavy (non-hydrogen) atoms. The quantitative estimate of drug-likeness (QED) is 0.338. The summed E-state index contributed by atoms with van der Waals surface area (Å²) in [7, 11) is 1.30. The highest BCUT2D eigenvalue weighted by Gasteiger charge is 2.26. The molecule has 0 aromatic heterocycles. The van der Waals surface area contributed by atoms with Crippen molar-refractivity contribution in [1.29, 1.82) is 0 Å². The molecule has 2 N–H and O–H groups in total. The Morgan fingerprint density at radius 1 is 0.862 bits per heavy atom. The minimum absolute atomic E-state index is 0.0590. The van der Waals surface area contributed by atoms with Crippen LogP contribution in [-0.4, -0.2) is 62.3 Å². The molecule has 0 heterocycles. The number of benzene rings is 1. The zero-order valence-electron chi connectivity index (χ0n) is 17.5. The van der Waals surface area contributed by atoms with Crippen molar-refractivity contribution in [2.24, 2.45) is 5.41 Å². The van der Waals surface area contributed by atoms with E-state index in [1.54, 1.807) is 0 Å². The fourth-order valence-corrected chi connectivity index (χ4v) is 3.34. The van der Waals surface area contributed by atoms with Crippen LogP contribution in [0, 0.1) is 5.41 Å². The van der Waals surface area contributed by atoms with E-state index in [4.69, 9.17) is 19.7 Å². The van der Waals surface area contributed by atoms with Gasteiger partial charge in [-0.1, -0.05) is 13.3 Å². The van der Waals surface area contributed by atoms with Gasteiger partial charge < -0.3 is 24.4 Å². The topological polar surface area (TPSA) is 102 Å². The molecule has 164 valence electrons. The summed E-state index contributed by atoms with van der Waals surface area (Å²) < 4.78 is 15.5. The Morgan fingerprint density at radius 3 is 1.90 bits per heavy atom. The largest absolute Gasteiger partial charge is 0.465 e. The van der Waals surface area contributed by atoms with Crippen LogP contribution < -0.4 is 0 Å². The van der Waals surface area contributed by atoms with Gasteiger partial charge in [0.25, 0.3) is 0 Å². The predicted molar refractivity (Wildman–Crippen MR) is 109 cm³/mol. The number of aliphatic hydroxyl groups is 2. The van der Waals surface area contributed by atoms with Crippen LogP contribution in [0.5, 0.6) is 0 Å². The average molecular weight is 411 g/mol. The van der Waals surface area contributed by atoms with E-state index in [1.165, 1.54) is 31.4 Å². The van der Waals surface area contributed by atoms with E-state index in [2.05, 4.69) is 11.7 Å². The molecule has 1 rings (SSSR count). The highest BCUT2D eigenvalue weighted by molar-refractivity contribution is 5.93. The molecule has 1 aromatic rings. The Labute approximate surface area is 173 Å². The van der Waals surface area contributed by atoms with Gasteiger partial charge in [0, 0.05) is 19.8 Å². The van der Waals surface area contributed by atoms with Crippen molar-refractivity contribution in [3.8, 4) is 0 Å². The maximum absolute atomic E-state index is 12.0. The molecule has 0 saturated carbocycles. The van der Waals surface area contributed by atoms with Crippen molar-refractivity contribution in [2.75, 3.05) is 40.1 Å². The third-order valence-electron chi connectivity index (χ3n) is 5.26. The molecule has 0 aliphatic carbocycles. The Kier molecular flexibility index (Phi) is 12.2. The third-order valence-corrected chi connectivity index (χ3v) is 5.26. The maximum Gasteiger partial charge on any atom is 0.338 e. The van der Waals surface area contributed by atoms with Crippen molar-refractivity contribution >= 4 is 11.9 Å². The summed E-state index contributed by atoms with van der Waals surface area (Å²) >= 11 is 0. The number of aliphatic hydroxyl groups excluding tert-OH is 2. The summed E-state index contributed by atoms with van der Waals surface area (Å²) in [6.45, 7) is 3.43. The molecule has 0 atom stereocenters. The second kappa shape index (κ2) is 14.1. The molecule has 1 aromatic carbocycles. The number of rotatable bonds is 15. The van der Waals surface area contributed by atoms with Gasteiger partial charge in [0.15, 0.2) is 0 Å². The monoisotopic (exact) mass is 410 g/mol. The smallest absolute Gasteiger partial charge is 0.338 e. The molecule has 7 heteroatoms. The summed E-state index contributed by atoms with van der Waals surface area (Å²) in [6.07, 6.45) is 5.09. The van der Waals surface area contributed by atoms with E-state index in [0.29, 0.717) is 24.3 Å². The second-order valence-corrected chi connectivity index (χ2v) is 7.08. The summed E-state index contributed by atoms with van der Waals surface area (Å²) in [6, 6.07) is 6.07. The molecule has 0 amide bonds. The predicted octanol–water partition coefficient (Wildman–Crippen LogP) is 2.98. The first kappa shape index (κ1) is 25.1. The van der Waals surface area contributed by atoms with E-state index in [9.17, 15) is 9.59 Å². The molecule has 0 saturated heterocycles. The lowest BCUT2D eigenvalue weighted by atomic mass is 9.74. The van der Waals surface area contributed by atoms with Gasteiger partial charge in [-0.3, -0.25) is 0 Å². The van der Waals surface area contributed by atoms with Gasteiger partial charge in [0.05, 0.1) is 24.8 Å². The van der Waals surface area contributed by atoms with E-state index in [0.717, 1.165) is 38.5 Å². The van der Waals surface area contributed by atoms with Crippen molar-refractivity contribution in [1.82, 2.24) is 0 Å². The molecular weight excluding hydrogens is 376 g/mol. The van der Waals surface area contributed by atoms with Crippen LogP contribution in [0.2, 0.25) is 0 Å². The van der Waals surface area contributed by atoms with Crippen molar-refractivity contribution in [2.45, 2.75) is 45.4 Å². The number of carbonyl (C=O) groups is 2. The summed E-state index contributed by atoms with van der Waals surface area (Å²) in [5, 5.41) is 18.3. The average Bonchev–Trinajstić information content (AvgIpc) is 2.77. The minimum Gasteiger partial charge on any atom is -0.465 e. The molecule has 0 unspecified atom stereocenters. The van der Waals surface area contributed by atoms with Gasteiger partial charge in [0.2, 0.25) is 0 Å². The molecule has 0 radical (unpaired) electrons. The van der Waals surface area contributed by atoms with Gasteiger partial charge in [-0.2, -0.15) is 0 Å². The van der Waals surface area contributed by atoms with E-state index in [-0.39, 0.29) is 25.2 Å². The van der Waals surface area contributed by atoms with Crippen LogP contribution in [0.4, 0.5) is 0 Å². The lowest BCUT2D eigenvalue weighted by molar-refractivity contribution is 0.0230. The van der Waals surface area contributed by atoms with Crippen LogP contribution in [0.15, 0.2) is 24.3 Å². The van der Waals surface area contributed by atoms with Crippen LogP contribution in [-0.2, 0) is 14.2 Å². The Morgan fingerprint density at radius 2 is 1.41 bits per heavy atom. The van der Waals surface area contributed by atoms with Crippen LogP contribution in [0.25, 0.3) is 0 Å². The lowest BCUT2D eigenvalue weighted by Gasteiger charge is -2.33. The van der Waals surface area contributed by atoms with Gasteiger partial charge in [-0.25, -0.2) is 9.59 Å². The summed E-state index contributed by atoms with van der Waals surface area (Å²) in [5.41, 5.74) is 0.786. The molecule has 0 aliphatic heterocycles. The van der Waals surface area contributed by atoms with E-state index < -0.39 is 11.9 Å². The van der Waals surface area contributed by atoms with Crippen molar-refractivity contribution in [3.05, 3.63) is 35.4 Å². The Balaban J connectivity index is 2.35. The number of methoxy groups -OCH3 is 1. The standard InChI is InChI=1S/C22H34O7/c1-3-22(10-4-13-23,11-5-14-24)12-15-28-16-17-29-21(26)19-8-6-18(7-9-19)20(25)27-2/h6-9,23-24H,3-5,10-17H2,1-2H3. The van der Waals surface area contributed by atoms with E-state index >= 15 is 0 Å². The first-order chi connectivity index (χ1) is 14.0. The molecular formula is C22H34O7. The SMILES string of the molecule is CCC(CCCO)(CCCO)CCOCCOC(=O)c1ccc(C(=O)OC)cc1. The number of hydrogen-bond donors (Lipinski definition) is 2. The minimum atomic E-state index is -0.473. The number of ether oxygens (including phenoxy) is 3. The van der Waals surface area contributed by atoms with Crippen LogP contribution in [0.1, 0.15) is 66.2 Å². The maximum atomic E-state index is 12.0. The first-order valence-corrected chi connectivity index (χ1v) is 10.2. The number of hydrogen-bond acceptors (Lipinski definition) is 7. The molecule has 7 nitrogen and oxygen atoms in total. The lowest BCUT2D eigenvalue weighted by Crippen LogP contribution is -2.24. The fraction of sp³-hybridized carbons (Fsp3) is 0.636. The van der Waals surface area contributed by atoms with E-state index in [1.807, 2.05) is 0 Å². The molecule has 0 bridgehead atoms.